The Bertz CT molecular complexity index is 748. The number of nitrogens with zero attached hydrogens (tertiary/aromatic N) is 1. The molecule has 108 valence electrons. The van der Waals surface area contributed by atoms with Gasteiger partial charge < -0.3 is 8.92 Å². The summed E-state index contributed by atoms with van der Waals surface area (Å²) in [5, 5.41) is 0.471. The Labute approximate surface area is 120 Å². The van der Waals surface area contributed by atoms with Gasteiger partial charge in [0.2, 0.25) is 0 Å². The molecule has 2 heterocycles. The van der Waals surface area contributed by atoms with Crippen LogP contribution in [0.3, 0.4) is 0 Å². The largest absolute Gasteiger partial charge is 0.459 e. The second-order valence-corrected chi connectivity index (χ2v) is 6.93. The molecule has 0 aliphatic rings. The molecule has 0 saturated heterocycles. The van der Waals surface area contributed by atoms with Crippen molar-refractivity contribution < 1.29 is 22.1 Å². The van der Waals surface area contributed by atoms with Crippen molar-refractivity contribution >= 4 is 37.6 Å². The van der Waals surface area contributed by atoms with E-state index in [2.05, 4.69) is 4.98 Å². The average molecular weight is 315 g/mol. The van der Waals surface area contributed by atoms with Gasteiger partial charge >= 0.3 is 16.1 Å². The molecule has 0 radical (unpaired) electrons. The number of thiophene rings is 1. The quantitative estimate of drug-likeness (QED) is 0.635. The van der Waals surface area contributed by atoms with Gasteiger partial charge in [0.15, 0.2) is 10.6 Å². The van der Waals surface area contributed by atoms with Crippen molar-refractivity contribution in [2.45, 2.75) is 20.0 Å². The van der Waals surface area contributed by atoms with E-state index in [-0.39, 0.29) is 16.7 Å². The van der Waals surface area contributed by atoms with Crippen LogP contribution in [-0.2, 0) is 14.9 Å². The van der Waals surface area contributed by atoms with Gasteiger partial charge in [-0.05, 0) is 26.0 Å². The molecule has 6 nitrogen and oxygen atoms in total. The molecular formula is C12H13NO5S2. The third-order valence-corrected chi connectivity index (χ3v) is 3.73. The van der Waals surface area contributed by atoms with Crippen LogP contribution < -0.4 is 4.18 Å². The first-order chi connectivity index (χ1) is 9.28. The van der Waals surface area contributed by atoms with Crippen molar-refractivity contribution in [3.63, 3.8) is 0 Å². The van der Waals surface area contributed by atoms with E-state index in [1.807, 2.05) is 0 Å². The van der Waals surface area contributed by atoms with Crippen molar-refractivity contribution in [1.82, 2.24) is 4.98 Å². The molecule has 2 aromatic rings. The molecule has 0 fully saturated rings. The lowest BCUT2D eigenvalue weighted by Gasteiger charge is -2.08. The number of hydrogen-bond donors (Lipinski definition) is 0. The summed E-state index contributed by atoms with van der Waals surface area (Å²) in [5.74, 6) is -0.645. The van der Waals surface area contributed by atoms with Crippen LogP contribution in [0.2, 0.25) is 0 Å². The summed E-state index contributed by atoms with van der Waals surface area (Å²) in [6.07, 6.45) is 2.16. The first-order valence-corrected chi connectivity index (χ1v) is 8.39. The summed E-state index contributed by atoms with van der Waals surface area (Å²) in [6.45, 7) is 3.42. The maximum absolute atomic E-state index is 12.0. The average Bonchev–Trinajstić information content (AvgIpc) is 2.65. The molecule has 8 heteroatoms. The molecule has 0 bridgehead atoms. The fraction of sp³-hybridized carbons (Fsp3) is 0.333. The summed E-state index contributed by atoms with van der Waals surface area (Å²) in [5.41, 5.74) is 0. The third-order valence-electron chi connectivity index (χ3n) is 2.18. The zero-order valence-corrected chi connectivity index (χ0v) is 12.7. The molecule has 0 spiro atoms. The number of pyridine rings is 1. The van der Waals surface area contributed by atoms with Gasteiger partial charge in [0.05, 0.1) is 17.7 Å². The number of fused-ring (bicyclic) bond motifs is 1. The van der Waals surface area contributed by atoms with Crippen LogP contribution in [0, 0.1) is 0 Å². The molecule has 20 heavy (non-hydrogen) atoms. The highest BCUT2D eigenvalue weighted by Gasteiger charge is 2.25. The zero-order valence-electron chi connectivity index (χ0n) is 11.1. The lowest BCUT2D eigenvalue weighted by molar-refractivity contribution is 0.0382. The number of rotatable bonds is 4. The van der Waals surface area contributed by atoms with E-state index < -0.39 is 16.1 Å². The van der Waals surface area contributed by atoms with Crippen LogP contribution in [0.1, 0.15) is 23.5 Å². The minimum absolute atomic E-state index is 0.0220. The Morgan fingerprint density at radius 2 is 2.10 bits per heavy atom. The van der Waals surface area contributed by atoms with E-state index in [0.717, 1.165) is 17.6 Å². The monoisotopic (exact) mass is 315 g/mol. The molecule has 0 aliphatic carbocycles. The van der Waals surface area contributed by atoms with E-state index >= 15 is 0 Å². The molecule has 0 saturated carbocycles. The van der Waals surface area contributed by atoms with Crippen LogP contribution in [0.5, 0.6) is 5.75 Å². The van der Waals surface area contributed by atoms with Crippen LogP contribution in [0.4, 0.5) is 0 Å². The zero-order chi connectivity index (χ0) is 14.9. The van der Waals surface area contributed by atoms with Crippen LogP contribution in [-0.4, -0.2) is 31.7 Å². The molecular weight excluding hydrogens is 302 g/mol. The Kier molecular flexibility index (Phi) is 3.96. The molecule has 0 aliphatic heterocycles. The molecule has 0 N–H and O–H groups in total. The molecule has 0 unspecified atom stereocenters. The summed E-state index contributed by atoms with van der Waals surface area (Å²) in [7, 11) is -3.75. The van der Waals surface area contributed by atoms with Crippen LogP contribution in [0.15, 0.2) is 18.3 Å². The smallest absolute Gasteiger partial charge is 0.352 e. The van der Waals surface area contributed by atoms with Gasteiger partial charge in [0.1, 0.15) is 4.83 Å². The first kappa shape index (κ1) is 14.7. The van der Waals surface area contributed by atoms with E-state index in [1.165, 1.54) is 0 Å². The van der Waals surface area contributed by atoms with E-state index in [9.17, 15) is 13.2 Å². The summed E-state index contributed by atoms with van der Waals surface area (Å²) in [6, 6.07) is 3.28. The van der Waals surface area contributed by atoms with Crippen molar-refractivity contribution in [3.05, 3.63) is 23.2 Å². The van der Waals surface area contributed by atoms with Crippen LogP contribution >= 0.6 is 11.3 Å². The van der Waals surface area contributed by atoms with Gasteiger partial charge in [-0.2, -0.15) is 8.42 Å². The van der Waals surface area contributed by atoms with Gasteiger partial charge in [-0.1, -0.05) is 0 Å². The Morgan fingerprint density at radius 1 is 1.40 bits per heavy atom. The van der Waals surface area contributed by atoms with Crippen molar-refractivity contribution in [3.8, 4) is 5.75 Å². The van der Waals surface area contributed by atoms with Crippen molar-refractivity contribution in [2.75, 3.05) is 6.26 Å². The minimum atomic E-state index is -3.75. The maximum atomic E-state index is 12.0. The van der Waals surface area contributed by atoms with Crippen LogP contribution in [0.25, 0.3) is 10.2 Å². The minimum Gasteiger partial charge on any atom is -0.459 e. The number of aromatic nitrogens is 1. The summed E-state index contributed by atoms with van der Waals surface area (Å²) < 4.78 is 32.7. The Hall–Kier alpha value is -1.67. The topological polar surface area (TPSA) is 82.6 Å². The van der Waals surface area contributed by atoms with Gasteiger partial charge in [0.25, 0.3) is 0 Å². The highest BCUT2D eigenvalue weighted by atomic mass is 32.2. The highest BCUT2D eigenvalue weighted by Crippen LogP contribution is 2.37. The van der Waals surface area contributed by atoms with Gasteiger partial charge in [-0.25, -0.2) is 9.78 Å². The normalized spacial score (nSPS) is 11.8. The van der Waals surface area contributed by atoms with E-state index in [4.69, 9.17) is 8.92 Å². The number of hydrogen-bond acceptors (Lipinski definition) is 7. The van der Waals surface area contributed by atoms with Gasteiger partial charge in [0, 0.05) is 6.20 Å². The fourth-order valence-electron chi connectivity index (χ4n) is 1.55. The van der Waals surface area contributed by atoms with Gasteiger partial charge in [-0.3, -0.25) is 0 Å². The van der Waals surface area contributed by atoms with E-state index in [1.54, 1.807) is 32.2 Å². The number of carbonyl (C=O) groups is 1. The number of ether oxygens (including phenoxy) is 1. The highest BCUT2D eigenvalue weighted by molar-refractivity contribution is 7.86. The Morgan fingerprint density at radius 3 is 2.70 bits per heavy atom. The maximum Gasteiger partial charge on any atom is 0.352 e. The predicted molar refractivity (Wildman–Crippen MR) is 75.6 cm³/mol. The second kappa shape index (κ2) is 5.37. The second-order valence-electron chi connectivity index (χ2n) is 4.36. The van der Waals surface area contributed by atoms with Crippen molar-refractivity contribution in [2.24, 2.45) is 0 Å². The fourth-order valence-corrected chi connectivity index (χ4v) is 3.03. The predicted octanol–water partition coefficient (Wildman–Crippen LogP) is 2.20. The molecule has 2 aromatic heterocycles. The lowest BCUT2D eigenvalue weighted by atomic mass is 10.3. The molecule has 0 atom stereocenters. The summed E-state index contributed by atoms with van der Waals surface area (Å²) >= 11 is 1.04. The molecule has 0 aromatic carbocycles. The van der Waals surface area contributed by atoms with E-state index in [0.29, 0.717) is 10.2 Å². The third kappa shape index (κ3) is 3.26. The Balaban J connectivity index is 2.58. The molecule has 2 rings (SSSR count). The van der Waals surface area contributed by atoms with Gasteiger partial charge in [-0.15, -0.1) is 11.3 Å². The first-order valence-electron chi connectivity index (χ1n) is 5.76. The standard InChI is InChI=1S/C12H13NO5S2/c1-7(2)17-12(14)10-9(18-20(3,15)16)8-5-4-6-13-11(8)19-10/h4-7H,1-3H3. The number of carbonyl (C=O) groups excluding carboxylic acids is 1. The summed E-state index contributed by atoms with van der Waals surface area (Å²) in [4.78, 5) is 16.7. The number of esters is 1. The SMILES string of the molecule is CC(C)OC(=O)c1sc2ncccc2c1OS(C)(=O)=O. The molecule has 0 amide bonds. The van der Waals surface area contributed by atoms with Crippen molar-refractivity contribution in [1.29, 1.82) is 0 Å². The lowest BCUT2D eigenvalue weighted by Crippen LogP contribution is -2.13.